The van der Waals surface area contributed by atoms with Gasteiger partial charge >= 0.3 is 0 Å². The van der Waals surface area contributed by atoms with E-state index in [-0.39, 0.29) is 5.78 Å². The maximum Gasteiger partial charge on any atom is 0.163 e. The molecule has 4 nitrogen and oxygen atoms in total. The molecule has 0 unspecified atom stereocenters. The number of likely N-dealkylation sites (N-methyl/N-ethyl adjacent to an activating group) is 1. The van der Waals surface area contributed by atoms with Crippen molar-refractivity contribution in [2.45, 2.75) is 26.3 Å². The van der Waals surface area contributed by atoms with Crippen LogP contribution in [-0.2, 0) is 13.0 Å². The zero-order chi connectivity index (χ0) is 23.8. The summed E-state index contributed by atoms with van der Waals surface area (Å²) in [6.45, 7) is 4.34. The van der Waals surface area contributed by atoms with Crippen molar-refractivity contribution in [2.24, 2.45) is 0 Å². The molecule has 0 N–H and O–H groups in total. The number of benzene rings is 3. The van der Waals surface area contributed by atoms with Crippen molar-refractivity contribution < 1.29 is 9.53 Å². The van der Waals surface area contributed by atoms with Crippen molar-refractivity contribution in [1.29, 1.82) is 0 Å². The second kappa shape index (κ2) is 11.8. The van der Waals surface area contributed by atoms with Crippen LogP contribution in [0.3, 0.4) is 0 Å². The lowest BCUT2D eigenvalue weighted by Gasteiger charge is -2.17. The SMILES string of the molecule is Cc1ccccc1-c1ccc(OCCN(C)C)c(CCC(=O)c2ccccc2CN(C)C)c1. The van der Waals surface area contributed by atoms with Crippen LogP contribution in [0.1, 0.15) is 33.5 Å². The average Bonchev–Trinajstić information content (AvgIpc) is 2.78. The van der Waals surface area contributed by atoms with Crippen LogP contribution in [0.15, 0.2) is 66.7 Å². The van der Waals surface area contributed by atoms with Gasteiger partial charge in [0.1, 0.15) is 12.4 Å². The molecular formula is C29H36N2O2. The van der Waals surface area contributed by atoms with Gasteiger partial charge in [0, 0.05) is 25.1 Å². The Morgan fingerprint density at radius 2 is 1.58 bits per heavy atom. The van der Waals surface area contributed by atoms with Gasteiger partial charge in [0.15, 0.2) is 5.78 Å². The Kier molecular flexibility index (Phi) is 8.81. The summed E-state index contributed by atoms with van der Waals surface area (Å²) in [5.74, 6) is 1.04. The Morgan fingerprint density at radius 3 is 2.30 bits per heavy atom. The standard InChI is InChI=1S/C29H36N2O2/c1-22-10-6-8-12-26(22)23-15-17-29(33-19-18-30(2)3)24(20-23)14-16-28(32)27-13-9-7-11-25(27)21-31(4)5/h6-13,15,17,20H,14,16,18-19,21H2,1-5H3. The Hall–Kier alpha value is -2.95. The highest BCUT2D eigenvalue weighted by atomic mass is 16.5. The molecule has 0 atom stereocenters. The highest BCUT2D eigenvalue weighted by Crippen LogP contribution is 2.30. The molecule has 0 aromatic heterocycles. The van der Waals surface area contributed by atoms with Crippen molar-refractivity contribution in [1.82, 2.24) is 9.80 Å². The minimum absolute atomic E-state index is 0.174. The van der Waals surface area contributed by atoms with E-state index in [4.69, 9.17) is 4.74 Å². The van der Waals surface area contributed by atoms with Crippen LogP contribution < -0.4 is 4.74 Å². The molecule has 0 aliphatic rings. The van der Waals surface area contributed by atoms with Crippen LogP contribution in [0.25, 0.3) is 11.1 Å². The van der Waals surface area contributed by atoms with E-state index in [1.54, 1.807) is 0 Å². The summed E-state index contributed by atoms with van der Waals surface area (Å²) in [5, 5.41) is 0. The van der Waals surface area contributed by atoms with Gasteiger partial charge < -0.3 is 14.5 Å². The van der Waals surface area contributed by atoms with E-state index in [1.165, 1.54) is 11.1 Å². The molecule has 0 radical (unpaired) electrons. The number of ether oxygens (including phenoxy) is 1. The van der Waals surface area contributed by atoms with E-state index in [9.17, 15) is 4.79 Å². The number of hydrogen-bond acceptors (Lipinski definition) is 4. The Morgan fingerprint density at radius 1 is 0.848 bits per heavy atom. The molecule has 0 aliphatic carbocycles. The quantitative estimate of drug-likeness (QED) is 0.367. The van der Waals surface area contributed by atoms with Gasteiger partial charge in [-0.05, 0) is 81.5 Å². The minimum Gasteiger partial charge on any atom is -0.492 e. The van der Waals surface area contributed by atoms with Crippen LogP contribution in [0.2, 0.25) is 0 Å². The summed E-state index contributed by atoms with van der Waals surface area (Å²) in [6.07, 6.45) is 1.10. The number of Topliss-reactive ketones (excluding diaryl/α,β-unsaturated/α-hetero) is 1. The summed E-state index contributed by atoms with van der Waals surface area (Å²) in [4.78, 5) is 17.4. The first-order valence-electron chi connectivity index (χ1n) is 11.6. The third-order valence-corrected chi connectivity index (χ3v) is 5.74. The highest BCUT2D eigenvalue weighted by molar-refractivity contribution is 5.97. The third kappa shape index (κ3) is 7.01. The minimum atomic E-state index is 0.174. The summed E-state index contributed by atoms with van der Waals surface area (Å²) in [7, 11) is 8.12. The Balaban J connectivity index is 1.84. The number of hydrogen-bond donors (Lipinski definition) is 0. The van der Waals surface area contributed by atoms with Crippen LogP contribution in [0, 0.1) is 6.92 Å². The molecule has 3 rings (SSSR count). The zero-order valence-electron chi connectivity index (χ0n) is 20.6. The number of rotatable bonds is 11. The van der Waals surface area contributed by atoms with Gasteiger partial charge in [-0.2, -0.15) is 0 Å². The van der Waals surface area contributed by atoms with E-state index in [0.717, 1.165) is 41.1 Å². The number of nitrogens with zero attached hydrogens (tertiary/aromatic N) is 2. The van der Waals surface area contributed by atoms with Crippen LogP contribution in [0.4, 0.5) is 0 Å². The largest absolute Gasteiger partial charge is 0.492 e. The number of carbonyl (C=O) groups excluding carboxylic acids is 1. The van der Waals surface area contributed by atoms with Crippen molar-refractivity contribution in [3.63, 3.8) is 0 Å². The van der Waals surface area contributed by atoms with Crippen LogP contribution >= 0.6 is 0 Å². The molecule has 0 saturated heterocycles. The summed E-state index contributed by atoms with van der Waals surface area (Å²) in [5.41, 5.74) is 6.57. The number of ketones is 1. The lowest BCUT2D eigenvalue weighted by Crippen LogP contribution is -2.19. The smallest absolute Gasteiger partial charge is 0.163 e. The first-order chi connectivity index (χ1) is 15.8. The van der Waals surface area contributed by atoms with Gasteiger partial charge in [-0.25, -0.2) is 0 Å². The molecule has 0 amide bonds. The second-order valence-corrected chi connectivity index (χ2v) is 9.11. The third-order valence-electron chi connectivity index (χ3n) is 5.74. The molecule has 4 heteroatoms. The molecule has 0 spiro atoms. The lowest BCUT2D eigenvalue weighted by molar-refractivity contribution is 0.0981. The molecule has 0 heterocycles. The van der Waals surface area contributed by atoms with Gasteiger partial charge in [-0.1, -0.05) is 54.6 Å². The molecule has 174 valence electrons. The van der Waals surface area contributed by atoms with Crippen LogP contribution in [-0.4, -0.2) is 56.9 Å². The van der Waals surface area contributed by atoms with Crippen LogP contribution in [0.5, 0.6) is 5.75 Å². The highest BCUT2D eigenvalue weighted by Gasteiger charge is 2.14. The molecule has 0 saturated carbocycles. The fourth-order valence-electron chi connectivity index (χ4n) is 3.97. The monoisotopic (exact) mass is 444 g/mol. The van der Waals surface area contributed by atoms with E-state index in [2.05, 4.69) is 59.2 Å². The number of carbonyl (C=O) groups is 1. The first-order valence-corrected chi connectivity index (χ1v) is 11.6. The topological polar surface area (TPSA) is 32.8 Å². The normalized spacial score (nSPS) is 11.2. The molecule has 0 aliphatic heterocycles. The molecule has 0 fully saturated rings. The van der Waals surface area contributed by atoms with Gasteiger partial charge in [-0.15, -0.1) is 0 Å². The van der Waals surface area contributed by atoms with E-state index >= 15 is 0 Å². The maximum atomic E-state index is 13.2. The summed E-state index contributed by atoms with van der Waals surface area (Å²) in [6, 6.07) is 22.7. The van der Waals surface area contributed by atoms with Gasteiger partial charge in [0.2, 0.25) is 0 Å². The van der Waals surface area contributed by atoms with Gasteiger partial charge in [-0.3, -0.25) is 4.79 Å². The van der Waals surface area contributed by atoms with E-state index in [1.807, 2.05) is 52.5 Å². The molecule has 33 heavy (non-hydrogen) atoms. The molecular weight excluding hydrogens is 408 g/mol. The summed E-state index contributed by atoms with van der Waals surface area (Å²) < 4.78 is 6.12. The lowest BCUT2D eigenvalue weighted by atomic mass is 9.94. The van der Waals surface area contributed by atoms with Gasteiger partial charge in [0.25, 0.3) is 0 Å². The Bertz CT molecular complexity index is 1070. The predicted molar refractivity (Wildman–Crippen MR) is 137 cm³/mol. The van der Waals surface area contributed by atoms with Crippen molar-refractivity contribution in [3.05, 3.63) is 89.0 Å². The first kappa shape index (κ1) is 24.7. The second-order valence-electron chi connectivity index (χ2n) is 9.11. The summed E-state index contributed by atoms with van der Waals surface area (Å²) >= 11 is 0. The van der Waals surface area contributed by atoms with E-state index < -0.39 is 0 Å². The molecule has 0 bridgehead atoms. The van der Waals surface area contributed by atoms with Crippen molar-refractivity contribution in [3.8, 4) is 16.9 Å². The fraction of sp³-hybridized carbons (Fsp3) is 0.345. The zero-order valence-corrected chi connectivity index (χ0v) is 20.6. The number of aryl methyl sites for hydroxylation is 2. The Labute approximate surface area is 198 Å². The van der Waals surface area contributed by atoms with Gasteiger partial charge in [0.05, 0.1) is 0 Å². The molecule has 3 aromatic carbocycles. The maximum absolute atomic E-state index is 13.2. The van der Waals surface area contributed by atoms with E-state index in [0.29, 0.717) is 19.4 Å². The van der Waals surface area contributed by atoms with Crippen molar-refractivity contribution in [2.75, 3.05) is 41.3 Å². The predicted octanol–water partition coefficient (Wildman–Crippen LogP) is 5.48. The average molecular weight is 445 g/mol. The van der Waals surface area contributed by atoms with Crippen molar-refractivity contribution >= 4 is 5.78 Å². The molecule has 3 aromatic rings. The fourth-order valence-corrected chi connectivity index (χ4v) is 3.97.